The maximum atomic E-state index is 5.60. The van der Waals surface area contributed by atoms with Crippen molar-refractivity contribution in [1.29, 1.82) is 0 Å². The fourth-order valence-corrected chi connectivity index (χ4v) is 2.47. The van der Waals surface area contributed by atoms with Crippen molar-refractivity contribution >= 4 is 5.69 Å². The lowest BCUT2D eigenvalue weighted by molar-refractivity contribution is 0.171. The van der Waals surface area contributed by atoms with Crippen molar-refractivity contribution in [3.05, 3.63) is 53.1 Å². The maximum Gasteiger partial charge on any atom is 0.163 e. The van der Waals surface area contributed by atoms with E-state index >= 15 is 0 Å². The molecule has 104 valence electrons. The average molecular weight is 269 g/mol. The zero-order valence-electron chi connectivity index (χ0n) is 11.9. The van der Waals surface area contributed by atoms with Crippen molar-refractivity contribution < 1.29 is 9.47 Å². The molecule has 3 nitrogen and oxygen atoms in total. The smallest absolute Gasteiger partial charge is 0.163 e. The third kappa shape index (κ3) is 2.57. The van der Waals surface area contributed by atoms with E-state index in [0.29, 0.717) is 13.2 Å². The van der Waals surface area contributed by atoms with E-state index in [1.54, 1.807) is 0 Å². The molecule has 0 amide bonds. The molecule has 2 aromatic carbocycles. The van der Waals surface area contributed by atoms with Crippen LogP contribution in [0, 0.1) is 13.8 Å². The van der Waals surface area contributed by atoms with Crippen LogP contribution in [0.5, 0.6) is 11.5 Å². The second-order valence-electron chi connectivity index (χ2n) is 5.08. The van der Waals surface area contributed by atoms with E-state index in [4.69, 9.17) is 9.47 Å². The summed E-state index contributed by atoms with van der Waals surface area (Å²) in [5.74, 6) is 1.65. The number of fused-ring (bicyclic) bond motifs is 1. The van der Waals surface area contributed by atoms with Crippen LogP contribution < -0.4 is 14.8 Å². The van der Waals surface area contributed by atoms with Gasteiger partial charge in [0.2, 0.25) is 0 Å². The van der Waals surface area contributed by atoms with Crippen molar-refractivity contribution in [1.82, 2.24) is 0 Å². The second-order valence-corrected chi connectivity index (χ2v) is 5.08. The van der Waals surface area contributed by atoms with Crippen LogP contribution in [0.1, 0.15) is 16.7 Å². The monoisotopic (exact) mass is 269 g/mol. The first kappa shape index (κ1) is 12.9. The van der Waals surface area contributed by atoms with E-state index in [2.05, 4.69) is 37.4 Å². The average Bonchev–Trinajstić information content (AvgIpc) is 2.46. The van der Waals surface area contributed by atoms with Gasteiger partial charge in [0.25, 0.3) is 0 Å². The molecular weight excluding hydrogens is 250 g/mol. The highest BCUT2D eigenvalue weighted by Crippen LogP contribution is 2.32. The van der Waals surface area contributed by atoms with Gasteiger partial charge in [0.1, 0.15) is 13.2 Å². The second kappa shape index (κ2) is 5.45. The Kier molecular flexibility index (Phi) is 3.50. The largest absolute Gasteiger partial charge is 0.486 e. The molecule has 3 rings (SSSR count). The molecule has 0 atom stereocenters. The third-order valence-electron chi connectivity index (χ3n) is 3.66. The van der Waals surface area contributed by atoms with Crippen LogP contribution in [0.15, 0.2) is 36.4 Å². The van der Waals surface area contributed by atoms with Crippen molar-refractivity contribution in [2.45, 2.75) is 20.4 Å². The minimum absolute atomic E-state index is 0.618. The molecule has 1 N–H and O–H groups in total. The molecule has 0 unspecified atom stereocenters. The summed E-state index contributed by atoms with van der Waals surface area (Å²) < 4.78 is 11.1. The zero-order valence-corrected chi connectivity index (χ0v) is 11.9. The fraction of sp³-hybridized carbons (Fsp3) is 0.294. The van der Waals surface area contributed by atoms with Crippen LogP contribution in [-0.2, 0) is 6.54 Å². The number of benzene rings is 2. The normalized spacial score (nSPS) is 13.1. The number of hydrogen-bond acceptors (Lipinski definition) is 3. The first-order chi connectivity index (χ1) is 9.74. The van der Waals surface area contributed by atoms with Crippen LogP contribution in [0.4, 0.5) is 5.69 Å². The number of aryl methyl sites for hydroxylation is 2. The van der Waals surface area contributed by atoms with Crippen molar-refractivity contribution in [3.63, 3.8) is 0 Å². The summed E-state index contributed by atoms with van der Waals surface area (Å²) in [4.78, 5) is 0. The molecule has 1 heterocycles. The molecule has 0 aliphatic carbocycles. The van der Waals surface area contributed by atoms with E-state index in [1.807, 2.05) is 18.2 Å². The molecule has 1 aliphatic rings. The Morgan fingerprint density at radius 2 is 1.65 bits per heavy atom. The maximum absolute atomic E-state index is 5.60. The van der Waals surface area contributed by atoms with Crippen molar-refractivity contribution in [2.24, 2.45) is 0 Å². The van der Waals surface area contributed by atoms with Gasteiger partial charge in [0.05, 0.1) is 0 Å². The molecule has 0 saturated heterocycles. The fourth-order valence-electron chi connectivity index (χ4n) is 2.47. The van der Waals surface area contributed by atoms with E-state index < -0.39 is 0 Å². The highest BCUT2D eigenvalue weighted by molar-refractivity contribution is 5.55. The summed E-state index contributed by atoms with van der Waals surface area (Å²) in [6.45, 7) is 6.36. The molecule has 0 spiro atoms. The third-order valence-corrected chi connectivity index (χ3v) is 3.66. The predicted octanol–water partition coefficient (Wildman–Crippen LogP) is 3.69. The van der Waals surface area contributed by atoms with Crippen molar-refractivity contribution in [3.8, 4) is 11.5 Å². The Bertz CT molecular complexity index is 602. The van der Waals surface area contributed by atoms with Gasteiger partial charge < -0.3 is 14.8 Å². The van der Waals surface area contributed by atoms with Crippen molar-refractivity contribution in [2.75, 3.05) is 18.5 Å². The minimum Gasteiger partial charge on any atom is -0.486 e. The minimum atomic E-state index is 0.618. The van der Waals surface area contributed by atoms with Crippen LogP contribution in [0.25, 0.3) is 0 Å². The molecule has 0 fully saturated rings. The first-order valence-corrected chi connectivity index (χ1v) is 6.92. The molecular formula is C17H19NO2. The highest BCUT2D eigenvalue weighted by Gasteiger charge is 2.11. The van der Waals surface area contributed by atoms with Gasteiger partial charge in [-0.15, -0.1) is 0 Å². The van der Waals surface area contributed by atoms with Gasteiger partial charge in [-0.2, -0.15) is 0 Å². The summed E-state index contributed by atoms with van der Waals surface area (Å²) in [5.41, 5.74) is 5.03. The van der Waals surface area contributed by atoms with Gasteiger partial charge in [0.15, 0.2) is 11.5 Å². The van der Waals surface area contributed by atoms with Gasteiger partial charge >= 0.3 is 0 Å². The SMILES string of the molecule is Cc1cccc(C)c1CNc1ccc2c(c1)OCCO2. The Balaban J connectivity index is 1.75. The number of ether oxygens (including phenoxy) is 2. The van der Waals surface area contributed by atoms with E-state index in [1.165, 1.54) is 16.7 Å². The van der Waals surface area contributed by atoms with E-state index in [0.717, 1.165) is 23.7 Å². The van der Waals surface area contributed by atoms with Gasteiger partial charge in [0, 0.05) is 18.3 Å². The van der Waals surface area contributed by atoms with Gasteiger partial charge in [-0.25, -0.2) is 0 Å². The van der Waals surface area contributed by atoms with Crippen LogP contribution in [0.3, 0.4) is 0 Å². The number of anilines is 1. The Hall–Kier alpha value is -2.16. The molecule has 0 saturated carbocycles. The molecule has 0 bridgehead atoms. The van der Waals surface area contributed by atoms with E-state index in [-0.39, 0.29) is 0 Å². The Morgan fingerprint density at radius 3 is 2.40 bits per heavy atom. The van der Waals surface area contributed by atoms with Crippen LogP contribution >= 0.6 is 0 Å². The topological polar surface area (TPSA) is 30.5 Å². The molecule has 3 heteroatoms. The quantitative estimate of drug-likeness (QED) is 0.922. The summed E-state index contributed by atoms with van der Waals surface area (Å²) in [5, 5.41) is 3.46. The Labute approximate surface area is 119 Å². The van der Waals surface area contributed by atoms with E-state index in [9.17, 15) is 0 Å². The lowest BCUT2D eigenvalue weighted by Gasteiger charge is -2.19. The summed E-state index contributed by atoms with van der Waals surface area (Å²) in [6, 6.07) is 12.4. The standard InChI is InChI=1S/C17H19NO2/c1-12-4-3-5-13(2)15(12)11-18-14-6-7-16-17(10-14)20-9-8-19-16/h3-7,10,18H,8-9,11H2,1-2H3. The summed E-state index contributed by atoms with van der Waals surface area (Å²) in [7, 11) is 0. The van der Waals surface area contributed by atoms with Gasteiger partial charge in [-0.1, -0.05) is 18.2 Å². The molecule has 0 aromatic heterocycles. The van der Waals surface area contributed by atoms with Crippen LogP contribution in [-0.4, -0.2) is 13.2 Å². The molecule has 20 heavy (non-hydrogen) atoms. The summed E-state index contributed by atoms with van der Waals surface area (Å²) >= 11 is 0. The number of hydrogen-bond donors (Lipinski definition) is 1. The van der Waals surface area contributed by atoms with Gasteiger partial charge in [-0.05, 0) is 42.7 Å². The predicted molar refractivity (Wildman–Crippen MR) is 80.7 cm³/mol. The zero-order chi connectivity index (χ0) is 13.9. The van der Waals surface area contributed by atoms with Gasteiger partial charge in [-0.3, -0.25) is 0 Å². The lowest BCUT2D eigenvalue weighted by atomic mass is 10.0. The molecule has 1 aliphatic heterocycles. The first-order valence-electron chi connectivity index (χ1n) is 6.92. The molecule has 2 aromatic rings. The Morgan fingerprint density at radius 1 is 0.950 bits per heavy atom. The van der Waals surface area contributed by atoms with Crippen LogP contribution in [0.2, 0.25) is 0 Å². The number of rotatable bonds is 3. The molecule has 0 radical (unpaired) electrons. The highest BCUT2D eigenvalue weighted by atomic mass is 16.6. The number of nitrogens with one attached hydrogen (secondary N) is 1. The summed E-state index contributed by atoms with van der Waals surface area (Å²) in [6.07, 6.45) is 0. The lowest BCUT2D eigenvalue weighted by Crippen LogP contribution is -2.15.